The molecule has 2 saturated heterocycles. The van der Waals surface area contributed by atoms with Crippen LogP contribution in [0.25, 0.3) is 0 Å². The number of carboxylic acid groups (broad SMARTS) is 2. The van der Waals surface area contributed by atoms with Crippen molar-refractivity contribution in [3.63, 3.8) is 0 Å². The zero-order chi connectivity index (χ0) is 74.5. The Morgan fingerprint density at radius 1 is 0.356 bits per heavy atom. The molecule has 10 atom stereocenters. The number of benzene rings is 6. The molecule has 27 nitrogen and oxygen atoms in total. The molecule has 104 heavy (non-hydrogen) atoms. The molecule has 0 unspecified atom stereocenters. The number of nitrogens with zero attached hydrogens (tertiary/aromatic N) is 2. The molecule has 2 heterocycles. The summed E-state index contributed by atoms with van der Waals surface area (Å²) in [7, 11) is 0. The second-order valence-electron chi connectivity index (χ2n) is 25.8. The SMILES string of the molecule is C[C@H](NC(=O)[C@H](Cc1ccccc1)NCCC(=O)N[C@@H](Cc1ccccc1)C(=O)N[C@@H](C)C(=O)N1CCC[C@H]1C(=O)N[C@@H](Cc1ccccc1)C(=O)N[C@@H](Cc1ccccc1)C(=O)NCC(=O)O)C(=O)N1CCC[C@H]1C(=O)N[C@@H](Cc1ccccc1)C(=O)N[C@@H](Cc1ccccc1)C(=O)NCC(=O)O. The summed E-state index contributed by atoms with van der Waals surface area (Å²) in [5, 5.41) is 45.8. The molecule has 2 aliphatic heterocycles. The van der Waals surface area contributed by atoms with E-state index in [-0.39, 0.29) is 77.4 Å². The van der Waals surface area contributed by atoms with Crippen LogP contribution in [0.4, 0.5) is 0 Å². The summed E-state index contributed by atoms with van der Waals surface area (Å²) in [6.07, 6.45) is 1.09. The number of hydrogen-bond donors (Lipinski definition) is 12. The van der Waals surface area contributed by atoms with Crippen molar-refractivity contribution in [1.29, 1.82) is 0 Å². The monoisotopic (exact) mass is 1420 g/mol. The number of hydrogen-bond acceptors (Lipinski definition) is 14. The van der Waals surface area contributed by atoms with Gasteiger partial charge < -0.3 is 73.2 Å². The van der Waals surface area contributed by atoms with Crippen LogP contribution in [0.5, 0.6) is 0 Å². The van der Waals surface area contributed by atoms with Gasteiger partial charge in [0.2, 0.25) is 65.0 Å². The van der Waals surface area contributed by atoms with Gasteiger partial charge in [-0.3, -0.25) is 62.3 Å². The summed E-state index contributed by atoms with van der Waals surface area (Å²) >= 11 is 0. The molecular weight excluding hydrogens is 1330 g/mol. The maximum absolute atomic E-state index is 14.4. The summed E-state index contributed by atoms with van der Waals surface area (Å²) in [5.74, 6) is -9.98. The first-order valence-corrected chi connectivity index (χ1v) is 34.8. The van der Waals surface area contributed by atoms with E-state index in [4.69, 9.17) is 0 Å². The fraction of sp³-hybridized carbons (Fsp3) is 0.364. The maximum atomic E-state index is 14.4. The zero-order valence-corrected chi connectivity index (χ0v) is 58.0. The van der Waals surface area contributed by atoms with Gasteiger partial charge in [-0.25, -0.2) is 0 Å². The molecule has 0 saturated carbocycles. The average molecular weight is 1420 g/mol. The van der Waals surface area contributed by atoms with Crippen LogP contribution in [0.3, 0.4) is 0 Å². The highest BCUT2D eigenvalue weighted by atomic mass is 16.4. The van der Waals surface area contributed by atoms with Crippen LogP contribution in [-0.2, 0) is 101 Å². The van der Waals surface area contributed by atoms with Crippen LogP contribution < -0.4 is 53.2 Å². The highest BCUT2D eigenvalue weighted by molar-refractivity contribution is 5.99. The lowest BCUT2D eigenvalue weighted by Gasteiger charge is -2.30. The topological polar surface area (TPSA) is 389 Å². The van der Waals surface area contributed by atoms with E-state index < -0.39 is 150 Å². The number of amides is 11. The Hall–Kier alpha value is -11.6. The van der Waals surface area contributed by atoms with Crippen molar-refractivity contribution in [3.8, 4) is 0 Å². The van der Waals surface area contributed by atoms with Crippen LogP contribution in [0.1, 0.15) is 79.3 Å². The van der Waals surface area contributed by atoms with Gasteiger partial charge in [0, 0.05) is 58.2 Å². The van der Waals surface area contributed by atoms with E-state index in [0.29, 0.717) is 40.7 Å². The molecule has 0 spiro atoms. The third kappa shape index (κ3) is 24.3. The van der Waals surface area contributed by atoms with Gasteiger partial charge in [0.1, 0.15) is 67.5 Å². The summed E-state index contributed by atoms with van der Waals surface area (Å²) in [6.45, 7) is 1.73. The van der Waals surface area contributed by atoms with Gasteiger partial charge in [-0.15, -0.1) is 0 Å². The van der Waals surface area contributed by atoms with E-state index in [1.807, 2.05) is 18.2 Å². The zero-order valence-electron chi connectivity index (χ0n) is 58.0. The molecule has 6 aromatic rings. The summed E-state index contributed by atoms with van der Waals surface area (Å²) in [4.78, 5) is 181. The number of rotatable bonds is 37. The van der Waals surface area contributed by atoms with E-state index in [0.717, 1.165) is 5.56 Å². The Labute approximate surface area is 602 Å². The minimum atomic E-state index is -1.29. The third-order valence-corrected chi connectivity index (χ3v) is 17.9. The van der Waals surface area contributed by atoms with Crippen LogP contribution in [-0.4, -0.2) is 190 Å². The van der Waals surface area contributed by atoms with Crippen LogP contribution in [0, 0.1) is 0 Å². The first kappa shape index (κ1) is 78.1. The highest BCUT2D eigenvalue weighted by Gasteiger charge is 2.41. The Bertz CT molecular complexity index is 3920. The van der Waals surface area contributed by atoms with Gasteiger partial charge in [0.05, 0.1) is 6.04 Å². The lowest BCUT2D eigenvalue weighted by Crippen LogP contribution is -2.59. The first-order chi connectivity index (χ1) is 50.1. The summed E-state index contributed by atoms with van der Waals surface area (Å²) in [5.41, 5.74) is 4.10. The number of likely N-dealkylation sites (tertiary alicyclic amines) is 2. The molecule has 0 bridgehead atoms. The van der Waals surface area contributed by atoms with Crippen molar-refractivity contribution in [1.82, 2.24) is 63.0 Å². The number of nitrogens with one attached hydrogen (secondary N) is 10. The van der Waals surface area contributed by atoms with Crippen molar-refractivity contribution < 1.29 is 72.5 Å². The number of aliphatic carboxylic acids is 2. The smallest absolute Gasteiger partial charge is 0.322 e. The fourth-order valence-electron chi connectivity index (χ4n) is 12.5. The molecule has 548 valence electrons. The third-order valence-electron chi connectivity index (χ3n) is 17.9. The highest BCUT2D eigenvalue weighted by Crippen LogP contribution is 2.22. The van der Waals surface area contributed by atoms with Gasteiger partial charge in [0.15, 0.2) is 0 Å². The predicted molar refractivity (Wildman–Crippen MR) is 383 cm³/mol. The van der Waals surface area contributed by atoms with Crippen molar-refractivity contribution in [3.05, 3.63) is 215 Å². The molecule has 12 N–H and O–H groups in total. The van der Waals surface area contributed by atoms with E-state index in [1.54, 1.807) is 164 Å². The second kappa shape index (κ2) is 39.6. The standard InChI is InChI=1S/C77H90N12O15/c1-49(76(103)88-39-21-35-63(88)74(101)86-61(45-55-31-17-7-18-32-55)72(99)84-58(68(95)79-47-66(91)92)42-52-25-11-4-12-26-52)81-70(97)57(41-51-23-9-3-10-24-51)78-38-37-65(90)83-60(44-54-29-15-6-16-30-54)71(98)82-50(2)77(104)89-40-22-36-64(89)75(102)87-62(46-56-33-19-8-20-34-56)73(100)85-59(69(96)80-48-67(93)94)43-53-27-13-5-14-28-53/h3-20,23-34,49-50,57-64,78H,21-22,35-48H2,1-2H3,(H,79,95)(H,80,96)(H,81,97)(H,82,98)(H,83,90)(H,84,99)(H,85,100)(H,86,101)(H,87,102)(H,91,92)(H,93,94)/t49-,50-,57-,58-,59-,60-,61-,62-,63-,64-/m0/s1. The number of carbonyl (C=O) groups is 13. The minimum Gasteiger partial charge on any atom is -0.480 e. The second-order valence-corrected chi connectivity index (χ2v) is 25.8. The van der Waals surface area contributed by atoms with Gasteiger partial charge in [-0.2, -0.15) is 0 Å². The molecule has 0 radical (unpaired) electrons. The molecular formula is C77H90N12O15. The molecule has 2 fully saturated rings. The van der Waals surface area contributed by atoms with Gasteiger partial charge >= 0.3 is 11.9 Å². The van der Waals surface area contributed by atoms with Crippen molar-refractivity contribution in [2.45, 2.75) is 145 Å². The lowest BCUT2D eigenvalue weighted by atomic mass is 10.0. The molecule has 6 aromatic carbocycles. The van der Waals surface area contributed by atoms with E-state index in [9.17, 15) is 72.5 Å². The quantitative estimate of drug-likeness (QED) is 0.0264. The maximum Gasteiger partial charge on any atom is 0.322 e. The van der Waals surface area contributed by atoms with E-state index in [1.165, 1.54) is 23.6 Å². The Morgan fingerprint density at radius 2 is 0.625 bits per heavy atom. The average Bonchev–Trinajstić information content (AvgIpc) is 1.61. The van der Waals surface area contributed by atoms with Crippen molar-refractivity contribution in [2.75, 3.05) is 32.7 Å². The van der Waals surface area contributed by atoms with Crippen LogP contribution in [0.2, 0.25) is 0 Å². The Kier molecular flexibility index (Phi) is 29.7. The molecule has 0 aliphatic carbocycles. The largest absolute Gasteiger partial charge is 0.480 e. The lowest BCUT2D eigenvalue weighted by molar-refractivity contribution is -0.142. The summed E-state index contributed by atoms with van der Waals surface area (Å²) in [6, 6.07) is 41.3. The molecule has 11 amide bonds. The normalized spacial score (nSPS) is 16.2. The Balaban J connectivity index is 0.889. The van der Waals surface area contributed by atoms with E-state index in [2.05, 4.69) is 53.2 Å². The van der Waals surface area contributed by atoms with Crippen molar-refractivity contribution >= 4 is 76.9 Å². The molecule has 27 heteroatoms. The van der Waals surface area contributed by atoms with Crippen LogP contribution >= 0.6 is 0 Å². The number of carbonyl (C=O) groups excluding carboxylic acids is 11. The molecule has 8 rings (SSSR count). The fourth-order valence-corrected chi connectivity index (χ4v) is 12.5. The van der Waals surface area contributed by atoms with E-state index >= 15 is 0 Å². The number of carboxylic acids is 2. The van der Waals surface area contributed by atoms with Gasteiger partial charge in [-0.1, -0.05) is 182 Å². The Morgan fingerprint density at radius 3 is 0.933 bits per heavy atom. The van der Waals surface area contributed by atoms with Crippen molar-refractivity contribution in [2.24, 2.45) is 0 Å². The molecule has 0 aromatic heterocycles. The van der Waals surface area contributed by atoms with Gasteiger partial charge in [-0.05, 0) is 79.3 Å². The van der Waals surface area contributed by atoms with Crippen LogP contribution in [0.15, 0.2) is 182 Å². The molecule has 2 aliphatic rings. The minimum absolute atomic E-state index is 0.000119. The first-order valence-electron chi connectivity index (χ1n) is 34.8. The summed E-state index contributed by atoms with van der Waals surface area (Å²) < 4.78 is 0. The predicted octanol–water partition coefficient (Wildman–Crippen LogP) is 1.61. The van der Waals surface area contributed by atoms with Gasteiger partial charge in [0.25, 0.3) is 0 Å².